The smallest absolute Gasteiger partial charge is 0.261 e. The molecule has 0 aliphatic rings. The van der Waals surface area contributed by atoms with E-state index >= 15 is 0 Å². The first kappa shape index (κ1) is 12.5. The van der Waals surface area contributed by atoms with Gasteiger partial charge in [-0.25, -0.2) is 8.42 Å². The van der Waals surface area contributed by atoms with Gasteiger partial charge >= 0.3 is 0 Å². The first-order valence-corrected chi connectivity index (χ1v) is 7.92. The van der Waals surface area contributed by atoms with Gasteiger partial charge in [-0.1, -0.05) is 0 Å². The summed E-state index contributed by atoms with van der Waals surface area (Å²) >= 11 is 1.35. The fourth-order valence-electron chi connectivity index (χ4n) is 1.67. The number of Topliss-reactive ketones (excluding diaryl/α,β-unsaturated/α-hetero) is 1. The van der Waals surface area contributed by atoms with E-state index in [9.17, 15) is 13.2 Å². The largest absolute Gasteiger partial charge is 0.294 e. The van der Waals surface area contributed by atoms with E-state index in [0.29, 0.717) is 10.4 Å². The summed E-state index contributed by atoms with van der Waals surface area (Å²) in [5.74, 6) is -0.0270. The predicted octanol–water partition coefficient (Wildman–Crippen LogP) is 3.34. The van der Waals surface area contributed by atoms with Crippen molar-refractivity contribution >= 4 is 46.9 Å². The Bertz CT molecular complexity index is 714. The van der Waals surface area contributed by atoms with E-state index in [1.54, 1.807) is 19.1 Å². The first-order valence-electron chi connectivity index (χ1n) is 4.79. The molecule has 3 nitrogen and oxygen atoms in total. The van der Waals surface area contributed by atoms with Gasteiger partial charge in [0.05, 0.1) is 9.77 Å². The number of hydrogen-bond acceptors (Lipinski definition) is 4. The van der Waals surface area contributed by atoms with Crippen LogP contribution in [0.15, 0.2) is 23.1 Å². The average Bonchev–Trinajstić information content (AvgIpc) is 2.60. The molecule has 90 valence electrons. The normalized spacial score (nSPS) is 11.9. The van der Waals surface area contributed by atoms with E-state index in [-0.39, 0.29) is 10.7 Å². The molecule has 0 fully saturated rings. The van der Waals surface area contributed by atoms with Gasteiger partial charge in [0, 0.05) is 15.4 Å². The Morgan fingerprint density at radius 3 is 2.53 bits per heavy atom. The molecule has 0 radical (unpaired) electrons. The zero-order valence-corrected chi connectivity index (χ0v) is 11.5. The van der Waals surface area contributed by atoms with Gasteiger partial charge in [0.25, 0.3) is 9.05 Å². The maximum absolute atomic E-state index is 11.3. The molecule has 1 aromatic carbocycles. The average molecular weight is 289 g/mol. The number of aryl methyl sites for hydroxylation is 1. The molecule has 0 saturated heterocycles. The standard InChI is InChI=1S/C11H9ClO3S2/c1-6-8-5-10(7(2)13)16-9(8)3-4-11(6)17(12,14)15/h3-5H,1-2H3. The number of thiophene rings is 1. The summed E-state index contributed by atoms with van der Waals surface area (Å²) in [5.41, 5.74) is 0.584. The van der Waals surface area contributed by atoms with Crippen molar-refractivity contribution in [2.45, 2.75) is 18.7 Å². The van der Waals surface area contributed by atoms with Gasteiger partial charge in [0.1, 0.15) is 0 Å². The van der Waals surface area contributed by atoms with Crippen molar-refractivity contribution in [2.75, 3.05) is 0 Å². The lowest BCUT2D eigenvalue weighted by Gasteiger charge is -2.02. The molecule has 1 aromatic heterocycles. The molecule has 2 aromatic rings. The van der Waals surface area contributed by atoms with Crippen LogP contribution in [0.4, 0.5) is 0 Å². The molecule has 1 heterocycles. The fraction of sp³-hybridized carbons (Fsp3) is 0.182. The fourth-order valence-corrected chi connectivity index (χ4v) is 3.89. The minimum absolute atomic E-state index is 0.0270. The Hall–Kier alpha value is -0.910. The van der Waals surface area contributed by atoms with Crippen molar-refractivity contribution in [3.63, 3.8) is 0 Å². The van der Waals surface area contributed by atoms with Gasteiger partial charge < -0.3 is 0 Å². The molecular weight excluding hydrogens is 280 g/mol. The number of rotatable bonds is 2. The highest BCUT2D eigenvalue weighted by Gasteiger charge is 2.17. The topological polar surface area (TPSA) is 51.2 Å². The van der Waals surface area contributed by atoms with Crippen LogP contribution in [0.3, 0.4) is 0 Å². The molecule has 17 heavy (non-hydrogen) atoms. The summed E-state index contributed by atoms with van der Waals surface area (Å²) in [6.45, 7) is 3.17. The van der Waals surface area contributed by atoms with Crippen molar-refractivity contribution < 1.29 is 13.2 Å². The lowest BCUT2D eigenvalue weighted by molar-refractivity contribution is 0.102. The molecule has 0 amide bonds. The van der Waals surface area contributed by atoms with Gasteiger partial charge in [-0.2, -0.15) is 0 Å². The zero-order valence-electron chi connectivity index (χ0n) is 9.15. The molecule has 6 heteroatoms. The van der Waals surface area contributed by atoms with Crippen molar-refractivity contribution in [1.82, 2.24) is 0 Å². The van der Waals surface area contributed by atoms with Crippen molar-refractivity contribution in [1.29, 1.82) is 0 Å². The van der Waals surface area contributed by atoms with Crippen LogP contribution >= 0.6 is 22.0 Å². The number of hydrogen-bond donors (Lipinski definition) is 0. The summed E-state index contributed by atoms with van der Waals surface area (Å²) in [7, 11) is 1.60. The zero-order chi connectivity index (χ0) is 12.8. The minimum atomic E-state index is -3.74. The Labute approximate surface area is 107 Å². The molecule has 2 rings (SSSR count). The van der Waals surface area contributed by atoms with Crippen molar-refractivity contribution in [3.8, 4) is 0 Å². The summed E-state index contributed by atoms with van der Waals surface area (Å²) in [6, 6.07) is 4.86. The molecule has 0 atom stereocenters. The minimum Gasteiger partial charge on any atom is -0.294 e. The van der Waals surface area contributed by atoms with E-state index < -0.39 is 9.05 Å². The van der Waals surface area contributed by atoms with Crippen LogP contribution in [-0.4, -0.2) is 14.2 Å². The summed E-state index contributed by atoms with van der Waals surface area (Å²) in [5, 5.41) is 0.766. The molecule has 0 unspecified atom stereocenters. The predicted molar refractivity (Wildman–Crippen MR) is 69.6 cm³/mol. The number of benzene rings is 1. The summed E-state index contributed by atoms with van der Waals surface area (Å²) in [4.78, 5) is 12.0. The van der Waals surface area contributed by atoms with Gasteiger partial charge in [0.15, 0.2) is 5.78 Å². The Morgan fingerprint density at radius 2 is 2.00 bits per heavy atom. The number of carbonyl (C=O) groups is 1. The van der Waals surface area contributed by atoms with Crippen molar-refractivity contribution in [2.24, 2.45) is 0 Å². The maximum atomic E-state index is 11.3. The number of fused-ring (bicyclic) bond motifs is 1. The molecule has 0 bridgehead atoms. The third-order valence-electron chi connectivity index (χ3n) is 2.53. The van der Waals surface area contributed by atoms with Gasteiger partial charge in [-0.3, -0.25) is 4.79 Å². The van der Waals surface area contributed by atoms with Crippen molar-refractivity contribution in [3.05, 3.63) is 28.6 Å². The van der Waals surface area contributed by atoms with Crippen LogP contribution in [0, 0.1) is 6.92 Å². The Kier molecular flexibility index (Phi) is 3.01. The third kappa shape index (κ3) is 2.22. The highest BCUT2D eigenvalue weighted by Crippen LogP contribution is 2.33. The maximum Gasteiger partial charge on any atom is 0.261 e. The molecule has 0 aliphatic heterocycles. The monoisotopic (exact) mass is 288 g/mol. The number of halogens is 1. The van der Waals surface area contributed by atoms with Gasteiger partial charge in [-0.15, -0.1) is 11.3 Å². The van der Waals surface area contributed by atoms with Gasteiger partial charge in [0.2, 0.25) is 0 Å². The number of carbonyl (C=O) groups excluding carboxylic acids is 1. The van der Waals surface area contributed by atoms with E-state index in [0.717, 1.165) is 10.1 Å². The summed E-state index contributed by atoms with van der Waals surface area (Å²) < 4.78 is 23.6. The molecular formula is C11H9ClO3S2. The quantitative estimate of drug-likeness (QED) is 0.629. The SMILES string of the molecule is CC(=O)c1cc2c(C)c(S(=O)(=O)Cl)ccc2s1. The molecule has 0 aliphatic carbocycles. The van der Waals surface area contributed by atoms with E-state index in [4.69, 9.17) is 10.7 Å². The first-order chi connectivity index (χ1) is 7.80. The second kappa shape index (κ2) is 4.08. The van der Waals surface area contributed by atoms with E-state index in [1.165, 1.54) is 24.3 Å². The molecule has 0 saturated carbocycles. The summed E-state index contributed by atoms with van der Waals surface area (Å²) in [6.07, 6.45) is 0. The molecule has 0 N–H and O–H groups in total. The Balaban J connectivity index is 2.80. The van der Waals surface area contributed by atoms with Crippen LogP contribution < -0.4 is 0 Å². The number of ketones is 1. The lowest BCUT2D eigenvalue weighted by Crippen LogP contribution is -1.94. The second-order valence-corrected chi connectivity index (χ2v) is 7.32. The van der Waals surface area contributed by atoms with Crippen LogP contribution in [-0.2, 0) is 9.05 Å². The molecule has 0 spiro atoms. The van der Waals surface area contributed by atoms with Crippen LogP contribution in [0.25, 0.3) is 10.1 Å². The highest BCUT2D eigenvalue weighted by atomic mass is 35.7. The second-order valence-electron chi connectivity index (χ2n) is 3.71. The Morgan fingerprint density at radius 1 is 1.35 bits per heavy atom. The van der Waals surface area contributed by atoms with E-state index in [1.807, 2.05) is 0 Å². The van der Waals surface area contributed by atoms with E-state index in [2.05, 4.69) is 0 Å². The van der Waals surface area contributed by atoms with Gasteiger partial charge in [-0.05, 0) is 43.0 Å². The van der Waals surface area contributed by atoms with Crippen LogP contribution in [0.5, 0.6) is 0 Å². The van der Waals surface area contributed by atoms with Crippen LogP contribution in [0.1, 0.15) is 22.2 Å². The highest BCUT2D eigenvalue weighted by molar-refractivity contribution is 8.13. The lowest BCUT2D eigenvalue weighted by atomic mass is 10.1. The third-order valence-corrected chi connectivity index (χ3v) is 5.20. The van der Waals surface area contributed by atoms with Crippen LogP contribution in [0.2, 0.25) is 0 Å².